The third kappa shape index (κ3) is 4.94. The molecule has 1 N–H and O–H groups in total. The van der Waals surface area contributed by atoms with Crippen molar-refractivity contribution >= 4 is 17.6 Å². The van der Waals surface area contributed by atoms with Crippen molar-refractivity contribution in [2.45, 2.75) is 60.0 Å². The van der Waals surface area contributed by atoms with Crippen molar-refractivity contribution in [3.63, 3.8) is 0 Å². The van der Waals surface area contributed by atoms with Gasteiger partial charge in [-0.1, -0.05) is 27.7 Å². The average Bonchev–Trinajstić information content (AvgIpc) is 2.37. The van der Waals surface area contributed by atoms with Gasteiger partial charge in [0.15, 0.2) is 5.78 Å². The lowest BCUT2D eigenvalue weighted by atomic mass is 9.88. The van der Waals surface area contributed by atoms with Crippen LogP contribution in [0.15, 0.2) is 0 Å². The lowest BCUT2D eigenvalue weighted by Crippen LogP contribution is -2.54. The number of amides is 2. The van der Waals surface area contributed by atoms with Crippen molar-refractivity contribution in [1.82, 2.24) is 10.2 Å². The number of carbonyl (C=O) groups is 3. The zero-order chi connectivity index (χ0) is 16.0. The van der Waals surface area contributed by atoms with Crippen LogP contribution in [0.25, 0.3) is 0 Å². The molecule has 3 unspecified atom stereocenters. The van der Waals surface area contributed by atoms with Gasteiger partial charge in [0.2, 0.25) is 11.8 Å². The molecule has 0 aromatic heterocycles. The van der Waals surface area contributed by atoms with E-state index >= 15 is 0 Å². The van der Waals surface area contributed by atoms with Crippen LogP contribution >= 0.6 is 0 Å². The molecule has 2 amide bonds. The Labute approximate surface area is 122 Å². The van der Waals surface area contributed by atoms with Crippen molar-refractivity contribution < 1.29 is 14.4 Å². The summed E-state index contributed by atoms with van der Waals surface area (Å²) in [6.45, 7) is 10.8. The molecular formula is C15H28N2O3. The molecule has 116 valence electrons. The Morgan fingerprint density at radius 2 is 1.60 bits per heavy atom. The zero-order valence-corrected chi connectivity index (χ0v) is 13.7. The van der Waals surface area contributed by atoms with Crippen LogP contribution in [0, 0.1) is 11.8 Å². The molecule has 0 aliphatic heterocycles. The minimum Gasteiger partial charge on any atom is -0.345 e. The number of rotatable bonds is 7. The molecule has 0 aliphatic carbocycles. The van der Waals surface area contributed by atoms with E-state index in [2.05, 4.69) is 5.32 Å². The second kappa shape index (κ2) is 8.02. The quantitative estimate of drug-likeness (QED) is 0.772. The Morgan fingerprint density at radius 1 is 1.10 bits per heavy atom. The van der Waals surface area contributed by atoms with Gasteiger partial charge in [0.1, 0.15) is 6.04 Å². The normalized spacial score (nSPS) is 15.4. The van der Waals surface area contributed by atoms with E-state index in [1.807, 2.05) is 20.8 Å². The van der Waals surface area contributed by atoms with Gasteiger partial charge in [-0.15, -0.1) is 0 Å². The maximum absolute atomic E-state index is 12.4. The van der Waals surface area contributed by atoms with Crippen LogP contribution in [-0.4, -0.2) is 41.6 Å². The fourth-order valence-corrected chi connectivity index (χ4v) is 1.94. The van der Waals surface area contributed by atoms with E-state index in [-0.39, 0.29) is 29.4 Å². The molecule has 5 heteroatoms. The summed E-state index contributed by atoms with van der Waals surface area (Å²) in [7, 11) is 1.65. The molecular weight excluding hydrogens is 256 g/mol. The van der Waals surface area contributed by atoms with Crippen LogP contribution in [0.1, 0.15) is 48.0 Å². The summed E-state index contributed by atoms with van der Waals surface area (Å²) < 4.78 is 0. The van der Waals surface area contributed by atoms with Crippen LogP contribution in [0.4, 0.5) is 0 Å². The van der Waals surface area contributed by atoms with Gasteiger partial charge in [0.05, 0.1) is 6.04 Å². The molecule has 0 aliphatic rings. The van der Waals surface area contributed by atoms with Crippen LogP contribution in [0.3, 0.4) is 0 Å². The Hall–Kier alpha value is -1.39. The summed E-state index contributed by atoms with van der Waals surface area (Å²) in [5, 5.41) is 2.69. The molecule has 0 aromatic rings. The molecule has 0 saturated heterocycles. The van der Waals surface area contributed by atoms with Crippen molar-refractivity contribution in [3.05, 3.63) is 0 Å². The lowest BCUT2D eigenvalue weighted by Gasteiger charge is -2.34. The SMILES string of the molecule is CCC(=O)N(C)C(C(=O)NC(C)C(C)=O)C(C)C(C)C. The number of Topliss-reactive ketones (excluding diaryl/α,β-unsaturated/α-hetero) is 1. The topological polar surface area (TPSA) is 66.5 Å². The van der Waals surface area contributed by atoms with Crippen molar-refractivity contribution in [2.24, 2.45) is 11.8 Å². The summed E-state index contributed by atoms with van der Waals surface area (Å²) in [5.41, 5.74) is 0. The van der Waals surface area contributed by atoms with Crippen molar-refractivity contribution in [1.29, 1.82) is 0 Å². The van der Waals surface area contributed by atoms with E-state index in [9.17, 15) is 14.4 Å². The number of ketones is 1. The Kier molecular flexibility index (Phi) is 7.46. The predicted molar refractivity (Wildman–Crippen MR) is 79.1 cm³/mol. The third-order valence-electron chi connectivity index (χ3n) is 3.90. The number of likely N-dealkylation sites (N-methyl/N-ethyl adjacent to an activating group) is 1. The van der Waals surface area contributed by atoms with Gasteiger partial charge in [-0.25, -0.2) is 0 Å². The number of hydrogen-bond donors (Lipinski definition) is 1. The Bertz CT molecular complexity index is 366. The smallest absolute Gasteiger partial charge is 0.243 e. The molecule has 0 rings (SSSR count). The minimum absolute atomic E-state index is 0.00894. The van der Waals surface area contributed by atoms with E-state index in [1.54, 1.807) is 20.9 Å². The number of nitrogens with one attached hydrogen (secondary N) is 1. The highest BCUT2D eigenvalue weighted by molar-refractivity contribution is 5.91. The van der Waals surface area contributed by atoms with Crippen molar-refractivity contribution in [2.75, 3.05) is 7.05 Å². The van der Waals surface area contributed by atoms with Gasteiger partial charge in [-0.3, -0.25) is 14.4 Å². The summed E-state index contributed by atoms with van der Waals surface area (Å²) >= 11 is 0. The third-order valence-corrected chi connectivity index (χ3v) is 3.90. The molecule has 0 bridgehead atoms. The molecule has 0 saturated carbocycles. The highest BCUT2D eigenvalue weighted by Crippen LogP contribution is 2.20. The fourth-order valence-electron chi connectivity index (χ4n) is 1.94. The largest absolute Gasteiger partial charge is 0.345 e. The molecule has 0 spiro atoms. The van der Waals surface area contributed by atoms with Gasteiger partial charge in [0.25, 0.3) is 0 Å². The van der Waals surface area contributed by atoms with E-state index in [0.717, 1.165) is 0 Å². The van der Waals surface area contributed by atoms with E-state index in [0.29, 0.717) is 6.42 Å². The first-order chi connectivity index (χ1) is 9.13. The van der Waals surface area contributed by atoms with Crippen LogP contribution < -0.4 is 5.32 Å². The maximum atomic E-state index is 12.4. The second-order valence-corrected chi connectivity index (χ2v) is 5.75. The monoisotopic (exact) mass is 284 g/mol. The van der Waals surface area contributed by atoms with Gasteiger partial charge in [0, 0.05) is 13.5 Å². The molecule has 5 nitrogen and oxygen atoms in total. The number of nitrogens with zero attached hydrogens (tertiary/aromatic N) is 1. The predicted octanol–water partition coefficient (Wildman–Crippen LogP) is 1.61. The summed E-state index contributed by atoms with van der Waals surface area (Å²) in [6, 6.07) is -1.08. The number of carbonyl (C=O) groups excluding carboxylic acids is 3. The van der Waals surface area contributed by atoms with Gasteiger partial charge < -0.3 is 10.2 Å². The molecule has 0 fully saturated rings. The average molecular weight is 284 g/mol. The van der Waals surface area contributed by atoms with E-state index in [1.165, 1.54) is 11.8 Å². The second-order valence-electron chi connectivity index (χ2n) is 5.75. The molecule has 3 atom stereocenters. The van der Waals surface area contributed by atoms with E-state index in [4.69, 9.17) is 0 Å². The lowest BCUT2D eigenvalue weighted by molar-refractivity contribution is -0.142. The van der Waals surface area contributed by atoms with Crippen LogP contribution in [-0.2, 0) is 14.4 Å². The first kappa shape index (κ1) is 18.6. The van der Waals surface area contributed by atoms with Gasteiger partial charge >= 0.3 is 0 Å². The highest BCUT2D eigenvalue weighted by atomic mass is 16.2. The summed E-state index contributed by atoms with van der Waals surface area (Å²) in [4.78, 5) is 37.1. The summed E-state index contributed by atoms with van der Waals surface area (Å²) in [5.74, 6) is -0.176. The first-order valence-corrected chi connectivity index (χ1v) is 7.19. The van der Waals surface area contributed by atoms with Gasteiger partial charge in [-0.2, -0.15) is 0 Å². The minimum atomic E-state index is -0.552. The standard InChI is InChI=1S/C15H28N2O3/c1-8-13(19)17(7)14(10(4)9(2)3)15(20)16-11(5)12(6)18/h9-11,14H,8H2,1-7H3,(H,16,20). The van der Waals surface area contributed by atoms with Crippen LogP contribution in [0.2, 0.25) is 0 Å². The molecule has 0 aromatic carbocycles. The zero-order valence-electron chi connectivity index (χ0n) is 13.7. The molecule has 20 heavy (non-hydrogen) atoms. The maximum Gasteiger partial charge on any atom is 0.243 e. The summed E-state index contributed by atoms with van der Waals surface area (Å²) in [6.07, 6.45) is 0.355. The molecule has 0 radical (unpaired) electrons. The highest BCUT2D eigenvalue weighted by Gasteiger charge is 2.33. The fraction of sp³-hybridized carbons (Fsp3) is 0.800. The van der Waals surface area contributed by atoms with Crippen molar-refractivity contribution in [3.8, 4) is 0 Å². The number of hydrogen-bond acceptors (Lipinski definition) is 3. The van der Waals surface area contributed by atoms with Crippen LogP contribution in [0.5, 0.6) is 0 Å². The molecule has 0 heterocycles. The van der Waals surface area contributed by atoms with Gasteiger partial charge in [-0.05, 0) is 25.7 Å². The first-order valence-electron chi connectivity index (χ1n) is 7.19. The Balaban J connectivity index is 5.16. The Morgan fingerprint density at radius 3 is 1.95 bits per heavy atom. The van der Waals surface area contributed by atoms with E-state index < -0.39 is 12.1 Å².